The highest BCUT2D eigenvalue weighted by atomic mass is 16.7. The second-order valence-corrected chi connectivity index (χ2v) is 10.4. The van der Waals surface area contributed by atoms with Crippen LogP contribution < -0.4 is 0 Å². The summed E-state index contributed by atoms with van der Waals surface area (Å²) in [7, 11) is -0.709. The molecule has 2 aliphatic heterocycles. The summed E-state index contributed by atoms with van der Waals surface area (Å²) in [6.07, 6.45) is 4.90. The molecule has 0 aromatic rings. The monoisotopic (exact) mass is 362 g/mol. The van der Waals surface area contributed by atoms with Crippen LogP contribution in [-0.4, -0.2) is 36.6 Å². The molecular formula is C20H36B2O4. The predicted octanol–water partition coefficient (Wildman–Crippen LogP) is 4.83. The van der Waals surface area contributed by atoms with Crippen LogP contribution in [0.2, 0.25) is 5.82 Å². The molecule has 0 aromatic carbocycles. The van der Waals surface area contributed by atoms with E-state index in [1.165, 1.54) is 25.7 Å². The third-order valence-electron chi connectivity index (χ3n) is 7.46. The van der Waals surface area contributed by atoms with E-state index in [2.05, 4.69) is 62.0 Å². The Bertz CT molecular complexity index is 532. The van der Waals surface area contributed by atoms with Gasteiger partial charge in [0.1, 0.15) is 0 Å². The maximum Gasteiger partial charge on any atom is 0.489 e. The Hall–Kier alpha value is -0.290. The molecule has 4 nitrogen and oxygen atoms in total. The highest BCUT2D eigenvalue weighted by Crippen LogP contribution is 2.50. The van der Waals surface area contributed by atoms with E-state index in [-0.39, 0.29) is 35.3 Å². The molecule has 0 spiro atoms. The second kappa shape index (κ2) is 6.37. The molecule has 0 radical (unpaired) electrons. The quantitative estimate of drug-likeness (QED) is 0.672. The van der Waals surface area contributed by atoms with Gasteiger partial charge >= 0.3 is 14.2 Å². The second-order valence-electron chi connectivity index (χ2n) is 10.4. The van der Waals surface area contributed by atoms with Gasteiger partial charge in [0.15, 0.2) is 0 Å². The first-order chi connectivity index (χ1) is 11.8. The SMILES string of the molecule is C=C(B1OC(C)(C)C(C)(C)O1)C(B1OC(C)(C)C(C)(C)O1)C1CCCC1. The van der Waals surface area contributed by atoms with Crippen molar-refractivity contribution in [1.82, 2.24) is 0 Å². The largest absolute Gasteiger partial charge is 0.489 e. The number of rotatable bonds is 4. The van der Waals surface area contributed by atoms with Crippen LogP contribution in [0, 0.1) is 5.92 Å². The summed E-state index contributed by atoms with van der Waals surface area (Å²) in [4.78, 5) is 0. The normalized spacial score (nSPS) is 30.8. The molecule has 3 fully saturated rings. The van der Waals surface area contributed by atoms with E-state index in [1.54, 1.807) is 0 Å². The van der Waals surface area contributed by atoms with Gasteiger partial charge in [-0.15, -0.1) is 6.58 Å². The van der Waals surface area contributed by atoms with Crippen LogP contribution in [-0.2, 0) is 18.6 Å². The lowest BCUT2D eigenvalue weighted by molar-refractivity contribution is 0.00578. The Labute approximate surface area is 160 Å². The fourth-order valence-electron chi connectivity index (χ4n) is 4.20. The highest BCUT2D eigenvalue weighted by Gasteiger charge is 2.59. The lowest BCUT2D eigenvalue weighted by Gasteiger charge is -2.32. The fraction of sp³-hybridized carbons (Fsp3) is 0.900. The van der Waals surface area contributed by atoms with Crippen molar-refractivity contribution in [1.29, 1.82) is 0 Å². The first kappa shape index (κ1) is 20.4. The molecule has 0 N–H and O–H groups in total. The van der Waals surface area contributed by atoms with Gasteiger partial charge in [-0.2, -0.15) is 0 Å². The van der Waals surface area contributed by atoms with Gasteiger partial charge in [-0.1, -0.05) is 25.7 Å². The van der Waals surface area contributed by atoms with Crippen LogP contribution in [0.1, 0.15) is 81.1 Å². The van der Waals surface area contributed by atoms with Crippen molar-refractivity contribution in [2.45, 2.75) is 109 Å². The van der Waals surface area contributed by atoms with E-state index in [0.717, 1.165) is 5.47 Å². The van der Waals surface area contributed by atoms with Crippen LogP contribution >= 0.6 is 0 Å². The maximum atomic E-state index is 6.43. The van der Waals surface area contributed by atoms with E-state index in [0.29, 0.717) is 5.92 Å². The Morgan fingerprint density at radius 2 is 1.15 bits per heavy atom. The van der Waals surface area contributed by atoms with Crippen LogP contribution in [0.4, 0.5) is 0 Å². The van der Waals surface area contributed by atoms with E-state index in [4.69, 9.17) is 18.6 Å². The van der Waals surface area contributed by atoms with Crippen LogP contribution in [0.3, 0.4) is 0 Å². The molecule has 0 amide bonds. The fourth-order valence-corrected chi connectivity index (χ4v) is 4.20. The van der Waals surface area contributed by atoms with Crippen LogP contribution in [0.5, 0.6) is 0 Å². The first-order valence-corrected chi connectivity index (χ1v) is 10.2. The summed E-state index contributed by atoms with van der Waals surface area (Å²) in [5.74, 6) is 0.601. The Balaban J connectivity index is 1.85. The zero-order valence-electron chi connectivity index (χ0n) is 18.0. The maximum absolute atomic E-state index is 6.43. The molecule has 1 atom stereocenters. The summed E-state index contributed by atoms with van der Waals surface area (Å²) in [5, 5.41) is 0. The molecule has 6 heteroatoms. The van der Waals surface area contributed by atoms with Gasteiger partial charge in [0.05, 0.1) is 22.4 Å². The third-order valence-corrected chi connectivity index (χ3v) is 7.46. The molecule has 1 aliphatic carbocycles. The lowest BCUT2D eigenvalue weighted by Crippen LogP contribution is -2.41. The minimum Gasteiger partial charge on any atom is -0.403 e. The van der Waals surface area contributed by atoms with Gasteiger partial charge in [-0.25, -0.2) is 0 Å². The van der Waals surface area contributed by atoms with Gasteiger partial charge < -0.3 is 18.6 Å². The minimum absolute atomic E-state index is 0.0910. The molecule has 26 heavy (non-hydrogen) atoms. The first-order valence-electron chi connectivity index (χ1n) is 10.2. The standard InChI is InChI=1S/C20H36B2O4/c1-14(21-23-17(2,3)18(4,5)24-21)16(15-12-10-11-13-15)22-25-19(6,7)20(8,9)26-22/h15-16H,1,10-13H2,2-9H3. The van der Waals surface area contributed by atoms with E-state index >= 15 is 0 Å². The molecule has 1 saturated carbocycles. The summed E-state index contributed by atoms with van der Waals surface area (Å²) < 4.78 is 25.5. The summed E-state index contributed by atoms with van der Waals surface area (Å²) >= 11 is 0. The van der Waals surface area contributed by atoms with Gasteiger partial charge in [0, 0.05) is 5.82 Å². The van der Waals surface area contributed by atoms with Crippen molar-refractivity contribution in [3.05, 3.63) is 12.1 Å². The summed E-state index contributed by atoms with van der Waals surface area (Å²) in [5.41, 5.74) is -0.447. The smallest absolute Gasteiger partial charge is 0.403 e. The lowest BCUT2D eigenvalue weighted by atomic mass is 9.53. The van der Waals surface area contributed by atoms with Gasteiger partial charge in [-0.05, 0) is 66.8 Å². The average molecular weight is 362 g/mol. The molecule has 146 valence electrons. The number of hydrogen-bond donors (Lipinski definition) is 0. The van der Waals surface area contributed by atoms with Crippen LogP contribution in [0.25, 0.3) is 0 Å². The minimum atomic E-state index is -0.412. The molecule has 3 rings (SSSR count). The van der Waals surface area contributed by atoms with Crippen molar-refractivity contribution >= 4 is 14.2 Å². The molecule has 0 aromatic heterocycles. The zero-order valence-corrected chi connectivity index (χ0v) is 18.0. The van der Waals surface area contributed by atoms with E-state index in [9.17, 15) is 0 Å². The Morgan fingerprint density at radius 1 is 0.769 bits per heavy atom. The number of hydrogen-bond acceptors (Lipinski definition) is 4. The van der Waals surface area contributed by atoms with Crippen LogP contribution in [0.15, 0.2) is 12.1 Å². The van der Waals surface area contributed by atoms with Gasteiger partial charge in [0.25, 0.3) is 0 Å². The summed E-state index contributed by atoms with van der Waals surface area (Å²) in [6.45, 7) is 21.2. The topological polar surface area (TPSA) is 36.9 Å². The summed E-state index contributed by atoms with van der Waals surface area (Å²) in [6, 6.07) is 0. The zero-order chi connectivity index (χ0) is 19.5. The van der Waals surface area contributed by atoms with E-state index in [1.807, 2.05) is 0 Å². The van der Waals surface area contributed by atoms with Crippen molar-refractivity contribution in [2.75, 3.05) is 0 Å². The molecular weight excluding hydrogens is 326 g/mol. The molecule has 1 unspecified atom stereocenters. The Morgan fingerprint density at radius 3 is 1.58 bits per heavy atom. The molecule has 0 bridgehead atoms. The number of allylic oxidation sites excluding steroid dienone is 1. The average Bonchev–Trinajstić information content (AvgIpc) is 3.10. The van der Waals surface area contributed by atoms with Gasteiger partial charge in [-0.3, -0.25) is 0 Å². The Kier molecular flexibility index (Phi) is 5.01. The van der Waals surface area contributed by atoms with E-state index < -0.39 is 7.12 Å². The molecule has 3 aliphatic rings. The van der Waals surface area contributed by atoms with Gasteiger partial charge in [0.2, 0.25) is 0 Å². The van der Waals surface area contributed by atoms with Crippen molar-refractivity contribution in [2.24, 2.45) is 5.92 Å². The highest BCUT2D eigenvalue weighted by molar-refractivity contribution is 6.60. The van der Waals surface area contributed by atoms with Crippen molar-refractivity contribution < 1.29 is 18.6 Å². The molecule has 2 heterocycles. The predicted molar refractivity (Wildman–Crippen MR) is 107 cm³/mol. The van der Waals surface area contributed by atoms with Crippen molar-refractivity contribution in [3.8, 4) is 0 Å². The molecule has 2 saturated heterocycles. The van der Waals surface area contributed by atoms with Crippen molar-refractivity contribution in [3.63, 3.8) is 0 Å². The third kappa shape index (κ3) is 3.32.